The number of carbonyl (C=O) groups is 2. The summed E-state index contributed by atoms with van der Waals surface area (Å²) in [5.74, 6) is -1.17. The number of fused-ring (bicyclic) bond motifs is 4. The van der Waals surface area contributed by atoms with Crippen LogP contribution in [-0.2, 0) is 11.3 Å². The van der Waals surface area contributed by atoms with E-state index in [4.69, 9.17) is 9.47 Å². The van der Waals surface area contributed by atoms with Crippen LogP contribution in [0.5, 0.6) is 17.2 Å². The van der Waals surface area contributed by atoms with Gasteiger partial charge in [0.05, 0.1) is 47.3 Å². The summed E-state index contributed by atoms with van der Waals surface area (Å²) < 4.78 is 11.2. The lowest BCUT2D eigenvalue weighted by atomic mass is 9.80. The molecule has 1 heterocycles. The van der Waals surface area contributed by atoms with Crippen molar-refractivity contribution in [1.82, 2.24) is 4.90 Å². The SMILES string of the molecule is C=C(OCc1ccc(N=O)cc1OC)N(C)CCNc1cc2c(c3c1C(=O)c1c(O)ccc(O)c1C3=O)NCCN2CCO. The molecular weight excluding hydrogens is 570 g/mol. The number of nitrogens with one attached hydrogen (secondary N) is 2. The molecule has 230 valence electrons. The first-order valence-corrected chi connectivity index (χ1v) is 13.9. The molecule has 0 saturated carbocycles. The van der Waals surface area contributed by atoms with Crippen LogP contribution in [0.2, 0.25) is 0 Å². The number of benzene rings is 3. The fourth-order valence-corrected chi connectivity index (χ4v) is 5.44. The molecule has 44 heavy (non-hydrogen) atoms. The first-order chi connectivity index (χ1) is 21.2. The molecule has 0 atom stereocenters. The molecule has 5 rings (SSSR count). The van der Waals surface area contributed by atoms with E-state index in [-0.39, 0.29) is 41.2 Å². The van der Waals surface area contributed by atoms with Gasteiger partial charge in [-0.1, -0.05) is 0 Å². The highest BCUT2D eigenvalue weighted by Crippen LogP contribution is 2.46. The summed E-state index contributed by atoms with van der Waals surface area (Å²) in [4.78, 5) is 42.2. The lowest BCUT2D eigenvalue weighted by Crippen LogP contribution is -2.38. The fourth-order valence-electron chi connectivity index (χ4n) is 5.44. The molecule has 0 bridgehead atoms. The molecule has 1 aliphatic carbocycles. The summed E-state index contributed by atoms with van der Waals surface area (Å²) in [6.45, 7) is 6.06. The van der Waals surface area contributed by atoms with Gasteiger partial charge >= 0.3 is 0 Å². The zero-order valence-electron chi connectivity index (χ0n) is 24.3. The smallest absolute Gasteiger partial charge is 0.200 e. The number of β-amino-alcohol motifs (C(OH)–C–C–N with tert-alkyl or cyclic N) is 1. The minimum Gasteiger partial charge on any atom is -0.507 e. The van der Waals surface area contributed by atoms with Gasteiger partial charge in [0.1, 0.15) is 29.5 Å². The Morgan fingerprint density at radius 2 is 1.80 bits per heavy atom. The Morgan fingerprint density at radius 1 is 1.09 bits per heavy atom. The maximum Gasteiger partial charge on any atom is 0.200 e. The van der Waals surface area contributed by atoms with Gasteiger partial charge in [0, 0.05) is 57.1 Å². The van der Waals surface area contributed by atoms with Crippen LogP contribution in [0.25, 0.3) is 0 Å². The first kappa shape index (κ1) is 30.2. The van der Waals surface area contributed by atoms with Crippen molar-refractivity contribution in [2.24, 2.45) is 5.18 Å². The summed E-state index contributed by atoms with van der Waals surface area (Å²) in [5, 5.41) is 40.1. The molecule has 3 aromatic carbocycles. The highest BCUT2D eigenvalue weighted by molar-refractivity contribution is 6.34. The molecule has 0 unspecified atom stereocenters. The van der Waals surface area contributed by atoms with Gasteiger partial charge in [-0.05, 0) is 42.1 Å². The topological polar surface area (TPSA) is 173 Å². The number of hydrogen-bond donors (Lipinski definition) is 5. The number of ketones is 2. The maximum absolute atomic E-state index is 13.8. The predicted molar refractivity (Wildman–Crippen MR) is 164 cm³/mol. The second-order valence-corrected chi connectivity index (χ2v) is 10.3. The lowest BCUT2D eigenvalue weighted by Gasteiger charge is -2.35. The average molecular weight is 604 g/mol. The standard InChI is InChI=1S/C31H33N5O8/c1-17(44-16-18-4-5-19(34-42)14-24(18)43-3)35(2)10-8-32-20-15-21-29(33-9-11-36(21)12-13-37)28-25(20)30(40)26-22(38)6-7-23(39)27(26)31(28)41/h4-7,14-15,32-33,37-39H,1,8-13,16H2,2-3H3. The molecule has 5 N–H and O–H groups in total. The van der Waals surface area contributed by atoms with Crippen LogP contribution >= 0.6 is 0 Å². The van der Waals surface area contributed by atoms with Crippen molar-refractivity contribution < 1.29 is 34.4 Å². The number of nitrogens with zero attached hydrogens (tertiary/aromatic N) is 3. The van der Waals surface area contributed by atoms with Crippen molar-refractivity contribution in [2.75, 3.05) is 69.0 Å². The van der Waals surface area contributed by atoms with Crippen molar-refractivity contribution in [3.63, 3.8) is 0 Å². The van der Waals surface area contributed by atoms with Crippen LogP contribution in [-0.4, -0.2) is 85.3 Å². The fraction of sp³-hybridized carbons (Fsp3) is 0.290. The van der Waals surface area contributed by atoms with Gasteiger partial charge in [0.15, 0.2) is 5.88 Å². The highest BCUT2D eigenvalue weighted by Gasteiger charge is 2.40. The second-order valence-electron chi connectivity index (χ2n) is 10.3. The minimum absolute atomic E-state index is 0.0820. The van der Waals surface area contributed by atoms with E-state index in [1.165, 1.54) is 25.3 Å². The number of rotatable bonds is 12. The summed E-state index contributed by atoms with van der Waals surface area (Å²) >= 11 is 0. The number of hydrogen-bond acceptors (Lipinski definition) is 13. The Bertz CT molecular complexity index is 1660. The van der Waals surface area contributed by atoms with E-state index in [1.54, 1.807) is 30.1 Å². The number of carbonyl (C=O) groups excluding carboxylic acids is 2. The molecule has 3 aromatic rings. The normalized spacial score (nSPS) is 13.3. The number of ether oxygens (including phenoxy) is 2. The van der Waals surface area contributed by atoms with E-state index in [2.05, 4.69) is 22.4 Å². The Hall–Kier alpha value is -5.30. The Kier molecular flexibility index (Phi) is 8.58. The highest BCUT2D eigenvalue weighted by atomic mass is 16.5. The number of anilines is 3. The average Bonchev–Trinajstić information content (AvgIpc) is 3.03. The van der Waals surface area contributed by atoms with Gasteiger partial charge in [-0.25, -0.2) is 0 Å². The van der Waals surface area contributed by atoms with E-state index in [0.717, 1.165) is 0 Å². The molecule has 0 fully saturated rings. The van der Waals surface area contributed by atoms with E-state index >= 15 is 0 Å². The quantitative estimate of drug-likeness (QED) is 0.0907. The summed E-state index contributed by atoms with van der Waals surface area (Å²) in [6, 6.07) is 8.88. The van der Waals surface area contributed by atoms with E-state index in [0.29, 0.717) is 67.0 Å². The Morgan fingerprint density at radius 3 is 2.45 bits per heavy atom. The third-order valence-electron chi connectivity index (χ3n) is 7.73. The number of aromatic hydroxyl groups is 2. The molecule has 0 radical (unpaired) electrons. The van der Waals surface area contributed by atoms with Crippen molar-refractivity contribution in [3.8, 4) is 17.2 Å². The predicted octanol–water partition coefficient (Wildman–Crippen LogP) is 3.54. The van der Waals surface area contributed by atoms with Gasteiger partial charge in [0.2, 0.25) is 11.6 Å². The molecule has 0 spiro atoms. The molecule has 1 aliphatic heterocycles. The zero-order valence-corrected chi connectivity index (χ0v) is 24.3. The number of methoxy groups -OCH3 is 1. The van der Waals surface area contributed by atoms with Gasteiger partial charge in [-0.3, -0.25) is 9.59 Å². The number of aliphatic hydroxyl groups is 1. The third-order valence-corrected chi connectivity index (χ3v) is 7.73. The number of aliphatic hydroxyl groups excluding tert-OH is 1. The molecule has 13 heteroatoms. The van der Waals surface area contributed by atoms with Crippen molar-refractivity contribution in [1.29, 1.82) is 0 Å². The van der Waals surface area contributed by atoms with Crippen LogP contribution in [0.1, 0.15) is 37.4 Å². The Balaban J connectivity index is 1.38. The van der Waals surface area contributed by atoms with Crippen LogP contribution in [0, 0.1) is 4.91 Å². The van der Waals surface area contributed by atoms with E-state index in [1.807, 2.05) is 4.90 Å². The third kappa shape index (κ3) is 5.44. The largest absolute Gasteiger partial charge is 0.507 e. The number of phenols is 2. The molecule has 0 saturated heterocycles. The van der Waals surface area contributed by atoms with Gasteiger partial charge in [0.25, 0.3) is 0 Å². The molecular formula is C31H33N5O8. The van der Waals surface area contributed by atoms with Crippen molar-refractivity contribution in [3.05, 3.63) is 81.6 Å². The molecule has 0 aromatic heterocycles. The van der Waals surface area contributed by atoms with Crippen LogP contribution in [0.4, 0.5) is 22.7 Å². The zero-order chi connectivity index (χ0) is 31.5. The number of likely N-dealkylation sites (N-methyl/N-ethyl adjacent to an activating group) is 1. The van der Waals surface area contributed by atoms with Crippen LogP contribution in [0.3, 0.4) is 0 Å². The summed E-state index contributed by atoms with van der Waals surface area (Å²) in [7, 11) is 3.27. The monoisotopic (exact) mass is 603 g/mol. The minimum atomic E-state index is -0.597. The lowest BCUT2D eigenvalue weighted by molar-refractivity contribution is 0.0975. The van der Waals surface area contributed by atoms with Gasteiger partial charge < -0.3 is 45.2 Å². The van der Waals surface area contributed by atoms with Crippen LogP contribution in [0.15, 0.2) is 54.0 Å². The second kappa shape index (κ2) is 12.5. The van der Waals surface area contributed by atoms with Gasteiger partial charge in [-0.2, -0.15) is 0 Å². The summed E-state index contributed by atoms with van der Waals surface area (Å²) in [5.41, 5.74) is 2.05. The molecule has 0 amide bonds. The number of phenolic OH excluding ortho intramolecular Hbond substituents is 2. The van der Waals surface area contributed by atoms with E-state index in [9.17, 15) is 29.8 Å². The Labute approximate surface area is 253 Å². The van der Waals surface area contributed by atoms with Gasteiger partial charge in [-0.15, -0.1) is 4.91 Å². The van der Waals surface area contributed by atoms with Crippen LogP contribution < -0.4 is 20.3 Å². The van der Waals surface area contributed by atoms with E-state index < -0.39 is 23.1 Å². The first-order valence-electron chi connectivity index (χ1n) is 13.9. The van der Waals surface area contributed by atoms with Crippen molar-refractivity contribution in [2.45, 2.75) is 6.61 Å². The van der Waals surface area contributed by atoms with Crippen molar-refractivity contribution >= 4 is 34.3 Å². The summed E-state index contributed by atoms with van der Waals surface area (Å²) in [6.07, 6.45) is 0. The molecule has 2 aliphatic rings. The number of nitroso groups, excluding NO2 is 1. The molecule has 13 nitrogen and oxygen atoms in total. The maximum atomic E-state index is 13.8.